The van der Waals surface area contributed by atoms with Gasteiger partial charge in [-0.25, -0.2) is 0 Å². The van der Waals surface area contributed by atoms with Crippen molar-refractivity contribution in [3.63, 3.8) is 0 Å². The van der Waals surface area contributed by atoms with E-state index >= 15 is 0 Å². The van der Waals surface area contributed by atoms with E-state index in [1.807, 2.05) is 0 Å². The lowest BCUT2D eigenvalue weighted by Gasteiger charge is -2.50. The second kappa shape index (κ2) is 4.97. The lowest BCUT2D eigenvalue weighted by atomic mass is 9.69. The van der Waals surface area contributed by atoms with E-state index in [2.05, 4.69) is 20.9 Å². The first kappa shape index (κ1) is 13.2. The van der Waals surface area contributed by atoms with Crippen LogP contribution in [0, 0.1) is 11.8 Å². The van der Waals surface area contributed by atoms with Gasteiger partial charge in [0.05, 0.1) is 12.8 Å². The average Bonchev–Trinajstić information content (AvgIpc) is 2.73. The Morgan fingerprint density at radius 1 is 1.37 bits per heavy atom. The molecule has 0 aromatic rings. The molecule has 108 valence electrons. The first-order chi connectivity index (χ1) is 9.15. The number of fused-ring (bicyclic) bond motifs is 1. The van der Waals surface area contributed by atoms with Gasteiger partial charge in [-0.1, -0.05) is 0 Å². The van der Waals surface area contributed by atoms with Crippen molar-refractivity contribution in [3.8, 4) is 0 Å². The van der Waals surface area contributed by atoms with E-state index in [0.717, 1.165) is 6.42 Å². The Bertz CT molecular complexity index is 368. The molecular weight excluding hydrogens is 250 g/mol. The van der Waals surface area contributed by atoms with Gasteiger partial charge in [0.1, 0.15) is 12.3 Å². The van der Waals surface area contributed by atoms with Crippen molar-refractivity contribution in [1.82, 2.24) is 20.9 Å². The molecule has 3 fully saturated rings. The molecule has 6 atom stereocenters. The van der Waals surface area contributed by atoms with Gasteiger partial charge in [0.15, 0.2) is 0 Å². The Balaban J connectivity index is 1.71. The Morgan fingerprint density at radius 3 is 2.84 bits per heavy atom. The van der Waals surface area contributed by atoms with Crippen LogP contribution in [0.5, 0.6) is 0 Å². The molecule has 2 aliphatic heterocycles. The fourth-order valence-corrected chi connectivity index (χ4v) is 3.47. The number of aliphatic hydroxyl groups excluding tert-OH is 2. The van der Waals surface area contributed by atoms with Gasteiger partial charge in [0.2, 0.25) is 5.91 Å². The highest BCUT2D eigenvalue weighted by molar-refractivity contribution is 5.84. The third kappa shape index (κ3) is 2.04. The summed E-state index contributed by atoms with van der Waals surface area (Å²) < 4.78 is 0. The maximum absolute atomic E-state index is 11.8. The standard InChI is InChI=1S/C11H21N5O3/c12-11-14-9-8(10(19)15-11)13-4-16(9)7-1-5(2-17)6(7)3-18/h5-9,11,13-14,17-18H,1-4,12H2,(H,15,19)/t5-,6-,7-,8?,9?,11?/m1/s1. The summed E-state index contributed by atoms with van der Waals surface area (Å²) in [7, 11) is 0. The van der Waals surface area contributed by atoms with Crippen molar-refractivity contribution in [3.05, 3.63) is 0 Å². The molecule has 3 rings (SSSR count). The minimum atomic E-state index is -0.544. The third-order valence-electron chi connectivity index (χ3n) is 4.61. The summed E-state index contributed by atoms with van der Waals surface area (Å²) in [5, 5.41) is 27.6. The monoisotopic (exact) mass is 271 g/mol. The maximum Gasteiger partial charge on any atom is 0.242 e. The number of hydrogen-bond donors (Lipinski definition) is 6. The lowest BCUT2D eigenvalue weighted by Crippen LogP contribution is -2.71. The molecule has 2 heterocycles. The van der Waals surface area contributed by atoms with Crippen LogP contribution in [0.25, 0.3) is 0 Å². The molecule has 7 N–H and O–H groups in total. The average molecular weight is 271 g/mol. The summed E-state index contributed by atoms with van der Waals surface area (Å²) in [5.41, 5.74) is 5.74. The van der Waals surface area contributed by atoms with Gasteiger partial charge < -0.3 is 15.5 Å². The second-order valence-corrected chi connectivity index (χ2v) is 5.54. The number of nitrogens with two attached hydrogens (primary N) is 1. The zero-order chi connectivity index (χ0) is 13.6. The van der Waals surface area contributed by atoms with Crippen LogP contribution in [0.2, 0.25) is 0 Å². The van der Waals surface area contributed by atoms with Crippen LogP contribution in [-0.4, -0.2) is 65.4 Å². The predicted molar refractivity (Wildman–Crippen MR) is 66.2 cm³/mol. The SMILES string of the molecule is NC1NC(=O)C2NCN([C@@H]3C[C@H](CO)[C@H]3CO)C2N1. The molecule has 0 bridgehead atoms. The third-order valence-corrected chi connectivity index (χ3v) is 4.61. The molecule has 1 aliphatic carbocycles. The molecular formula is C11H21N5O3. The first-order valence-corrected chi connectivity index (χ1v) is 6.68. The summed E-state index contributed by atoms with van der Waals surface area (Å²) in [4.78, 5) is 14.0. The van der Waals surface area contributed by atoms with E-state index in [4.69, 9.17) is 5.73 Å². The van der Waals surface area contributed by atoms with Gasteiger partial charge in [0.25, 0.3) is 0 Å². The number of hydrogen-bond acceptors (Lipinski definition) is 7. The zero-order valence-corrected chi connectivity index (χ0v) is 10.6. The molecule has 1 amide bonds. The molecule has 0 aromatic heterocycles. The fraction of sp³-hybridized carbons (Fsp3) is 0.909. The quantitative estimate of drug-likeness (QED) is 0.315. The molecule has 3 aliphatic rings. The Kier molecular flexibility index (Phi) is 3.46. The molecule has 0 radical (unpaired) electrons. The number of aliphatic hydroxyl groups is 2. The maximum atomic E-state index is 11.8. The summed E-state index contributed by atoms with van der Waals surface area (Å²) in [6.45, 7) is 0.744. The molecule has 0 aromatic carbocycles. The Hall–Kier alpha value is -0.770. The number of amides is 1. The van der Waals surface area contributed by atoms with E-state index < -0.39 is 6.29 Å². The number of nitrogens with one attached hydrogen (secondary N) is 3. The minimum Gasteiger partial charge on any atom is -0.396 e. The molecule has 0 spiro atoms. The van der Waals surface area contributed by atoms with Crippen molar-refractivity contribution in [2.45, 2.75) is 31.0 Å². The number of rotatable bonds is 3. The molecule has 8 heteroatoms. The fourth-order valence-electron chi connectivity index (χ4n) is 3.47. The van der Waals surface area contributed by atoms with E-state index in [9.17, 15) is 15.0 Å². The number of nitrogens with zero attached hydrogens (tertiary/aromatic N) is 1. The summed E-state index contributed by atoms with van der Waals surface area (Å²) in [6, 6.07) is -0.137. The number of carbonyl (C=O) groups is 1. The van der Waals surface area contributed by atoms with Crippen molar-refractivity contribution in [2.75, 3.05) is 19.9 Å². The highest BCUT2D eigenvalue weighted by Crippen LogP contribution is 2.39. The van der Waals surface area contributed by atoms with Gasteiger partial charge in [-0.3, -0.25) is 26.1 Å². The smallest absolute Gasteiger partial charge is 0.242 e. The second-order valence-electron chi connectivity index (χ2n) is 5.54. The lowest BCUT2D eigenvalue weighted by molar-refractivity contribution is -0.128. The predicted octanol–water partition coefficient (Wildman–Crippen LogP) is -3.51. The van der Waals surface area contributed by atoms with E-state index in [-0.39, 0.29) is 49.2 Å². The van der Waals surface area contributed by atoms with E-state index in [1.165, 1.54) is 0 Å². The van der Waals surface area contributed by atoms with Gasteiger partial charge in [0, 0.05) is 25.2 Å². The van der Waals surface area contributed by atoms with Crippen LogP contribution in [-0.2, 0) is 4.79 Å². The summed E-state index contributed by atoms with van der Waals surface area (Å²) >= 11 is 0. The molecule has 19 heavy (non-hydrogen) atoms. The van der Waals surface area contributed by atoms with Gasteiger partial charge in [-0.2, -0.15) is 0 Å². The van der Waals surface area contributed by atoms with Crippen molar-refractivity contribution >= 4 is 5.91 Å². The first-order valence-electron chi connectivity index (χ1n) is 6.68. The zero-order valence-electron chi connectivity index (χ0n) is 10.6. The van der Waals surface area contributed by atoms with Gasteiger partial charge in [-0.05, 0) is 12.3 Å². The van der Waals surface area contributed by atoms with E-state index in [1.54, 1.807) is 0 Å². The van der Waals surface area contributed by atoms with Gasteiger partial charge >= 0.3 is 0 Å². The van der Waals surface area contributed by atoms with Crippen molar-refractivity contribution in [2.24, 2.45) is 17.6 Å². The van der Waals surface area contributed by atoms with Crippen LogP contribution in [0.3, 0.4) is 0 Å². The van der Waals surface area contributed by atoms with Crippen molar-refractivity contribution in [1.29, 1.82) is 0 Å². The summed E-state index contributed by atoms with van der Waals surface area (Å²) in [6.07, 6.45) is 0.144. The van der Waals surface area contributed by atoms with Gasteiger partial charge in [-0.15, -0.1) is 0 Å². The largest absolute Gasteiger partial charge is 0.396 e. The van der Waals surface area contributed by atoms with Crippen LogP contribution >= 0.6 is 0 Å². The van der Waals surface area contributed by atoms with Crippen LogP contribution in [0.4, 0.5) is 0 Å². The van der Waals surface area contributed by atoms with Crippen LogP contribution in [0.1, 0.15) is 6.42 Å². The molecule has 3 unspecified atom stereocenters. The van der Waals surface area contributed by atoms with Crippen LogP contribution < -0.4 is 21.7 Å². The normalized spacial score (nSPS) is 46.6. The molecule has 1 saturated carbocycles. The Morgan fingerprint density at radius 2 is 2.16 bits per heavy atom. The summed E-state index contributed by atoms with van der Waals surface area (Å²) in [5.74, 6) is 0.117. The highest BCUT2D eigenvalue weighted by atomic mass is 16.3. The Labute approximate surface area is 111 Å². The molecule has 8 nitrogen and oxygen atoms in total. The topological polar surface area (TPSA) is 123 Å². The number of carbonyl (C=O) groups excluding carboxylic acids is 1. The van der Waals surface area contributed by atoms with Crippen molar-refractivity contribution < 1.29 is 15.0 Å². The highest BCUT2D eigenvalue weighted by Gasteiger charge is 2.51. The van der Waals surface area contributed by atoms with Crippen LogP contribution in [0.15, 0.2) is 0 Å². The molecule has 2 saturated heterocycles. The minimum absolute atomic E-state index is 0.0576. The van der Waals surface area contributed by atoms with E-state index in [0.29, 0.717) is 6.67 Å².